The summed E-state index contributed by atoms with van der Waals surface area (Å²) in [5.41, 5.74) is 0.807. The van der Waals surface area contributed by atoms with E-state index in [4.69, 9.17) is 0 Å². The summed E-state index contributed by atoms with van der Waals surface area (Å²) in [6.45, 7) is 2.10. The van der Waals surface area contributed by atoms with Crippen molar-refractivity contribution in [2.75, 3.05) is 6.61 Å². The van der Waals surface area contributed by atoms with Crippen LogP contribution in [-0.2, 0) is 4.79 Å². The molecule has 1 rings (SSSR count). The van der Waals surface area contributed by atoms with E-state index in [1.807, 2.05) is 30.3 Å². The first-order valence-corrected chi connectivity index (χ1v) is 12.3. The third-order valence-electron chi connectivity index (χ3n) is 5.79. The minimum Gasteiger partial charge on any atom is -0.394 e. The van der Waals surface area contributed by atoms with Gasteiger partial charge in [0.05, 0.1) is 18.8 Å². The van der Waals surface area contributed by atoms with E-state index in [9.17, 15) is 15.0 Å². The van der Waals surface area contributed by atoms with Gasteiger partial charge in [-0.15, -0.1) is 0 Å². The summed E-state index contributed by atoms with van der Waals surface area (Å²) in [7, 11) is 0. The molecular weight excluding hydrogens is 374 g/mol. The van der Waals surface area contributed by atoms with Crippen molar-refractivity contribution in [3.63, 3.8) is 0 Å². The smallest absolute Gasteiger partial charge is 0.220 e. The number of hydrogen-bond acceptors (Lipinski definition) is 3. The third-order valence-corrected chi connectivity index (χ3v) is 5.79. The van der Waals surface area contributed by atoms with E-state index in [0.29, 0.717) is 12.8 Å². The highest BCUT2D eigenvalue weighted by atomic mass is 16.3. The SMILES string of the molecule is CCCCCCCCCCCCCCCC(=O)NC(CO)CC(O)c1ccccc1. The van der Waals surface area contributed by atoms with Gasteiger partial charge in [0, 0.05) is 6.42 Å². The summed E-state index contributed by atoms with van der Waals surface area (Å²) in [4.78, 5) is 12.1. The van der Waals surface area contributed by atoms with Gasteiger partial charge in [0.25, 0.3) is 0 Å². The second-order valence-electron chi connectivity index (χ2n) is 8.60. The summed E-state index contributed by atoms with van der Waals surface area (Å²) < 4.78 is 0. The first-order chi connectivity index (χ1) is 14.7. The summed E-state index contributed by atoms with van der Waals surface area (Å²) in [5.74, 6) is -0.0302. The molecule has 0 radical (unpaired) electrons. The predicted octanol–water partition coefficient (Wildman–Crippen LogP) is 6.07. The van der Waals surface area contributed by atoms with Crippen LogP contribution < -0.4 is 5.32 Å². The number of carbonyl (C=O) groups excluding carboxylic acids is 1. The zero-order valence-electron chi connectivity index (χ0n) is 19.2. The van der Waals surface area contributed by atoms with E-state index < -0.39 is 12.1 Å². The van der Waals surface area contributed by atoms with Crippen molar-refractivity contribution < 1.29 is 15.0 Å². The number of aliphatic hydroxyl groups is 2. The first-order valence-electron chi connectivity index (χ1n) is 12.3. The molecule has 172 valence electrons. The lowest BCUT2D eigenvalue weighted by atomic mass is 10.0. The lowest BCUT2D eigenvalue weighted by Gasteiger charge is -2.20. The number of benzene rings is 1. The highest BCUT2D eigenvalue weighted by molar-refractivity contribution is 5.76. The van der Waals surface area contributed by atoms with Crippen molar-refractivity contribution in [2.45, 2.75) is 115 Å². The van der Waals surface area contributed by atoms with Crippen molar-refractivity contribution in [2.24, 2.45) is 0 Å². The van der Waals surface area contributed by atoms with Gasteiger partial charge in [-0.2, -0.15) is 0 Å². The molecule has 4 heteroatoms. The largest absolute Gasteiger partial charge is 0.394 e. The molecule has 0 fully saturated rings. The Labute approximate surface area is 184 Å². The van der Waals surface area contributed by atoms with Gasteiger partial charge in [-0.05, 0) is 18.4 Å². The van der Waals surface area contributed by atoms with Crippen molar-refractivity contribution in [1.82, 2.24) is 5.32 Å². The highest BCUT2D eigenvalue weighted by Gasteiger charge is 2.17. The van der Waals surface area contributed by atoms with Gasteiger partial charge in [-0.3, -0.25) is 4.79 Å². The zero-order valence-corrected chi connectivity index (χ0v) is 19.2. The summed E-state index contributed by atoms with van der Waals surface area (Å²) in [6.07, 6.45) is 16.9. The second kappa shape index (κ2) is 18.4. The Balaban J connectivity index is 1.99. The van der Waals surface area contributed by atoms with Crippen molar-refractivity contribution in [3.8, 4) is 0 Å². The lowest BCUT2D eigenvalue weighted by Crippen LogP contribution is -2.38. The molecule has 3 N–H and O–H groups in total. The first kappa shape index (κ1) is 26.6. The molecule has 0 aliphatic carbocycles. The minimum atomic E-state index is -0.681. The Morgan fingerprint density at radius 1 is 0.833 bits per heavy atom. The Morgan fingerprint density at radius 3 is 1.83 bits per heavy atom. The Kier molecular flexibility index (Phi) is 16.3. The maximum Gasteiger partial charge on any atom is 0.220 e. The summed E-state index contributed by atoms with van der Waals surface area (Å²) in [5, 5.41) is 22.7. The molecule has 0 saturated carbocycles. The Bertz CT molecular complexity index is 520. The average Bonchev–Trinajstić information content (AvgIpc) is 2.77. The van der Waals surface area contributed by atoms with Crippen LogP contribution in [0.3, 0.4) is 0 Å². The highest BCUT2D eigenvalue weighted by Crippen LogP contribution is 2.18. The van der Waals surface area contributed by atoms with Crippen LogP contribution >= 0.6 is 0 Å². The molecule has 0 aromatic heterocycles. The van der Waals surface area contributed by atoms with Crippen molar-refractivity contribution in [3.05, 3.63) is 35.9 Å². The molecule has 0 spiro atoms. The number of aliphatic hydroxyl groups excluding tert-OH is 2. The number of nitrogens with one attached hydrogen (secondary N) is 1. The molecule has 1 aromatic carbocycles. The van der Waals surface area contributed by atoms with Crippen molar-refractivity contribution in [1.29, 1.82) is 0 Å². The molecule has 2 unspecified atom stereocenters. The molecule has 1 amide bonds. The van der Waals surface area contributed by atoms with Crippen LogP contribution in [0.25, 0.3) is 0 Å². The molecule has 0 saturated heterocycles. The topological polar surface area (TPSA) is 69.6 Å². The molecule has 0 heterocycles. The molecule has 0 aliphatic heterocycles. The number of carbonyl (C=O) groups is 1. The molecule has 2 atom stereocenters. The average molecular weight is 420 g/mol. The number of rotatable bonds is 19. The molecule has 0 aliphatic rings. The van der Waals surface area contributed by atoms with E-state index in [2.05, 4.69) is 12.2 Å². The molecule has 0 bridgehead atoms. The normalized spacial score (nSPS) is 13.2. The van der Waals surface area contributed by atoms with E-state index in [0.717, 1.165) is 18.4 Å². The zero-order chi connectivity index (χ0) is 21.9. The van der Waals surface area contributed by atoms with E-state index in [1.54, 1.807) is 0 Å². The van der Waals surface area contributed by atoms with Gasteiger partial charge in [0.2, 0.25) is 5.91 Å². The molecule has 30 heavy (non-hydrogen) atoms. The minimum absolute atomic E-state index is 0.0302. The van der Waals surface area contributed by atoms with Crippen LogP contribution in [0.1, 0.15) is 115 Å². The standard InChI is InChI=1S/C26H45NO3/c1-2-3-4-5-6-7-8-9-10-11-12-13-17-20-26(30)27-24(22-28)21-25(29)23-18-15-14-16-19-23/h14-16,18-19,24-25,28-29H,2-13,17,20-22H2,1H3,(H,27,30). The fourth-order valence-electron chi connectivity index (χ4n) is 3.86. The fraction of sp³-hybridized carbons (Fsp3) is 0.731. The molecule has 4 nitrogen and oxygen atoms in total. The van der Waals surface area contributed by atoms with E-state index >= 15 is 0 Å². The van der Waals surface area contributed by atoms with E-state index in [-0.39, 0.29) is 12.5 Å². The second-order valence-corrected chi connectivity index (χ2v) is 8.60. The van der Waals surface area contributed by atoms with Gasteiger partial charge in [-0.1, -0.05) is 114 Å². The summed E-state index contributed by atoms with van der Waals surface area (Å²) in [6, 6.07) is 8.95. The maximum absolute atomic E-state index is 12.1. The quantitative estimate of drug-likeness (QED) is 0.238. The Hall–Kier alpha value is -1.39. The molecular formula is C26H45NO3. The number of unbranched alkanes of at least 4 members (excludes halogenated alkanes) is 12. The van der Waals surface area contributed by atoms with Crippen LogP contribution in [0.5, 0.6) is 0 Å². The van der Waals surface area contributed by atoms with Crippen molar-refractivity contribution >= 4 is 5.91 Å². The predicted molar refractivity (Wildman–Crippen MR) is 125 cm³/mol. The Morgan fingerprint density at radius 2 is 1.33 bits per heavy atom. The van der Waals surface area contributed by atoms with Gasteiger partial charge < -0.3 is 15.5 Å². The van der Waals surface area contributed by atoms with Crippen LogP contribution in [0, 0.1) is 0 Å². The lowest BCUT2D eigenvalue weighted by molar-refractivity contribution is -0.122. The summed E-state index contributed by atoms with van der Waals surface area (Å²) >= 11 is 0. The van der Waals surface area contributed by atoms with Crippen LogP contribution in [-0.4, -0.2) is 28.8 Å². The van der Waals surface area contributed by atoms with Crippen LogP contribution in [0.15, 0.2) is 30.3 Å². The fourth-order valence-corrected chi connectivity index (χ4v) is 3.86. The van der Waals surface area contributed by atoms with Gasteiger partial charge in [-0.25, -0.2) is 0 Å². The number of amides is 1. The van der Waals surface area contributed by atoms with Crippen LogP contribution in [0.2, 0.25) is 0 Å². The van der Waals surface area contributed by atoms with Crippen LogP contribution in [0.4, 0.5) is 0 Å². The van der Waals surface area contributed by atoms with E-state index in [1.165, 1.54) is 70.6 Å². The number of hydrogen-bond donors (Lipinski definition) is 3. The molecule has 1 aromatic rings. The van der Waals surface area contributed by atoms with Gasteiger partial charge >= 0.3 is 0 Å². The maximum atomic E-state index is 12.1. The third kappa shape index (κ3) is 13.8. The van der Waals surface area contributed by atoms with Gasteiger partial charge in [0.15, 0.2) is 0 Å². The van der Waals surface area contributed by atoms with Gasteiger partial charge in [0.1, 0.15) is 0 Å². The monoisotopic (exact) mass is 419 g/mol.